The highest BCUT2D eigenvalue weighted by Gasteiger charge is 2.27. The lowest BCUT2D eigenvalue weighted by Crippen LogP contribution is -2.40. The van der Waals surface area contributed by atoms with Gasteiger partial charge in [-0.3, -0.25) is 9.89 Å². The van der Waals surface area contributed by atoms with E-state index in [0.29, 0.717) is 17.8 Å². The molecule has 2 aliphatic rings. The fourth-order valence-electron chi connectivity index (χ4n) is 3.29. The summed E-state index contributed by atoms with van der Waals surface area (Å²) in [7, 11) is 0. The lowest BCUT2D eigenvalue weighted by Gasteiger charge is -2.27. The summed E-state index contributed by atoms with van der Waals surface area (Å²) in [6.07, 6.45) is 4.16. The van der Waals surface area contributed by atoms with E-state index in [1.165, 1.54) is 12.8 Å². The SMILES string of the molecule is C[C@H]1C[C@@H](C(=O)Nc2cccc(-c3n[nH]c(C4CC4)n3)c2)CCN1. The summed E-state index contributed by atoms with van der Waals surface area (Å²) in [6, 6.07) is 8.17. The first-order valence-electron chi connectivity index (χ1n) is 8.76. The second-order valence-corrected chi connectivity index (χ2v) is 6.97. The predicted molar refractivity (Wildman–Crippen MR) is 92.6 cm³/mol. The number of H-pyrrole nitrogens is 1. The largest absolute Gasteiger partial charge is 0.326 e. The number of nitrogens with one attached hydrogen (secondary N) is 3. The standard InChI is InChI=1S/C18H23N5O/c1-11-9-14(7-8-19-11)18(24)20-15-4-2-3-13(10-15)17-21-16(22-23-17)12-5-6-12/h2-4,10-12,14,19H,5-9H2,1H3,(H,20,24)(H,21,22,23)/t11-,14-/m0/s1. The molecule has 1 aliphatic carbocycles. The molecule has 3 N–H and O–H groups in total. The maximum Gasteiger partial charge on any atom is 0.227 e. The average molecular weight is 325 g/mol. The number of benzene rings is 1. The Morgan fingerprint density at radius 1 is 1.29 bits per heavy atom. The third-order valence-electron chi connectivity index (χ3n) is 4.85. The van der Waals surface area contributed by atoms with Crippen LogP contribution in [0.2, 0.25) is 0 Å². The molecule has 1 amide bonds. The van der Waals surface area contributed by atoms with Crippen molar-refractivity contribution in [1.82, 2.24) is 20.5 Å². The Labute approximate surface area is 141 Å². The number of amides is 1. The molecule has 1 aromatic carbocycles. The number of carbonyl (C=O) groups excluding carboxylic acids is 1. The molecule has 126 valence electrons. The van der Waals surface area contributed by atoms with Crippen LogP contribution in [0.4, 0.5) is 5.69 Å². The van der Waals surface area contributed by atoms with Gasteiger partial charge in [0.15, 0.2) is 5.82 Å². The van der Waals surface area contributed by atoms with Gasteiger partial charge in [-0.05, 0) is 51.3 Å². The maximum atomic E-state index is 12.5. The van der Waals surface area contributed by atoms with Crippen LogP contribution in [-0.4, -0.2) is 33.7 Å². The Bertz CT molecular complexity index is 737. The molecule has 6 nitrogen and oxygen atoms in total. The fraction of sp³-hybridized carbons (Fsp3) is 0.500. The fourth-order valence-corrected chi connectivity index (χ4v) is 3.29. The summed E-state index contributed by atoms with van der Waals surface area (Å²) in [5.74, 6) is 2.41. The molecule has 2 heterocycles. The first kappa shape index (κ1) is 15.3. The molecule has 1 aliphatic heterocycles. The summed E-state index contributed by atoms with van der Waals surface area (Å²) in [5, 5.41) is 13.8. The van der Waals surface area contributed by atoms with Crippen LogP contribution < -0.4 is 10.6 Å². The van der Waals surface area contributed by atoms with E-state index in [4.69, 9.17) is 0 Å². The number of nitrogens with zero attached hydrogens (tertiary/aromatic N) is 2. The van der Waals surface area contributed by atoms with E-state index in [0.717, 1.165) is 36.5 Å². The molecule has 4 rings (SSSR count). The van der Waals surface area contributed by atoms with Gasteiger partial charge >= 0.3 is 0 Å². The Morgan fingerprint density at radius 2 is 2.17 bits per heavy atom. The van der Waals surface area contributed by atoms with Crippen LogP contribution in [0, 0.1) is 5.92 Å². The average Bonchev–Trinajstić information content (AvgIpc) is 3.32. The number of carbonyl (C=O) groups is 1. The van der Waals surface area contributed by atoms with Gasteiger partial charge in [0, 0.05) is 29.1 Å². The minimum Gasteiger partial charge on any atom is -0.326 e. The number of hydrogen-bond donors (Lipinski definition) is 3. The molecule has 0 unspecified atom stereocenters. The van der Waals surface area contributed by atoms with E-state index in [1.807, 2.05) is 24.3 Å². The van der Waals surface area contributed by atoms with Crippen molar-refractivity contribution in [2.45, 2.75) is 44.6 Å². The smallest absolute Gasteiger partial charge is 0.227 e. The van der Waals surface area contributed by atoms with Crippen LogP contribution in [-0.2, 0) is 4.79 Å². The number of piperidine rings is 1. The highest BCUT2D eigenvalue weighted by molar-refractivity contribution is 5.93. The summed E-state index contributed by atoms with van der Waals surface area (Å²) < 4.78 is 0. The molecule has 1 saturated carbocycles. The van der Waals surface area contributed by atoms with Crippen molar-refractivity contribution >= 4 is 11.6 Å². The van der Waals surface area contributed by atoms with Crippen molar-refractivity contribution in [3.05, 3.63) is 30.1 Å². The van der Waals surface area contributed by atoms with Crippen LogP contribution in [0.5, 0.6) is 0 Å². The van der Waals surface area contributed by atoms with E-state index < -0.39 is 0 Å². The van der Waals surface area contributed by atoms with Crippen molar-refractivity contribution < 1.29 is 4.79 Å². The molecule has 6 heteroatoms. The minimum absolute atomic E-state index is 0.0786. The van der Waals surface area contributed by atoms with E-state index in [2.05, 4.69) is 32.7 Å². The second-order valence-electron chi connectivity index (χ2n) is 6.97. The van der Waals surface area contributed by atoms with E-state index in [1.54, 1.807) is 0 Å². The van der Waals surface area contributed by atoms with Crippen LogP contribution >= 0.6 is 0 Å². The minimum atomic E-state index is 0.0786. The quantitative estimate of drug-likeness (QED) is 0.807. The van der Waals surface area contributed by atoms with Gasteiger partial charge in [0.2, 0.25) is 5.91 Å². The van der Waals surface area contributed by atoms with Crippen LogP contribution in [0.1, 0.15) is 44.3 Å². The molecule has 2 atom stereocenters. The van der Waals surface area contributed by atoms with Gasteiger partial charge in [0.1, 0.15) is 5.82 Å². The topological polar surface area (TPSA) is 82.7 Å². The van der Waals surface area contributed by atoms with Crippen LogP contribution in [0.25, 0.3) is 11.4 Å². The lowest BCUT2D eigenvalue weighted by molar-refractivity contribution is -0.120. The van der Waals surface area contributed by atoms with Crippen molar-refractivity contribution in [2.75, 3.05) is 11.9 Å². The molecule has 0 spiro atoms. The van der Waals surface area contributed by atoms with Gasteiger partial charge in [0.25, 0.3) is 0 Å². The zero-order valence-electron chi connectivity index (χ0n) is 13.9. The molecule has 0 bridgehead atoms. The number of anilines is 1. The lowest BCUT2D eigenvalue weighted by atomic mass is 9.92. The Hall–Kier alpha value is -2.21. The van der Waals surface area contributed by atoms with Crippen molar-refractivity contribution in [3.63, 3.8) is 0 Å². The van der Waals surface area contributed by atoms with E-state index in [-0.39, 0.29) is 11.8 Å². The molecule has 1 aromatic heterocycles. The van der Waals surface area contributed by atoms with Crippen LogP contribution in [0.15, 0.2) is 24.3 Å². The number of aromatic amines is 1. The second kappa shape index (κ2) is 6.36. The highest BCUT2D eigenvalue weighted by atomic mass is 16.1. The van der Waals surface area contributed by atoms with E-state index in [9.17, 15) is 4.79 Å². The molecule has 0 radical (unpaired) electrons. The number of rotatable bonds is 4. The number of aromatic nitrogens is 3. The molecule has 1 saturated heterocycles. The zero-order valence-corrected chi connectivity index (χ0v) is 13.9. The molecule has 24 heavy (non-hydrogen) atoms. The maximum absolute atomic E-state index is 12.5. The third kappa shape index (κ3) is 3.33. The van der Waals surface area contributed by atoms with Crippen molar-refractivity contribution in [1.29, 1.82) is 0 Å². The monoisotopic (exact) mass is 325 g/mol. The van der Waals surface area contributed by atoms with Crippen LogP contribution in [0.3, 0.4) is 0 Å². The Morgan fingerprint density at radius 3 is 2.96 bits per heavy atom. The summed E-state index contributed by atoms with van der Waals surface area (Å²) in [5.41, 5.74) is 1.73. The summed E-state index contributed by atoms with van der Waals surface area (Å²) >= 11 is 0. The third-order valence-corrected chi connectivity index (χ3v) is 4.85. The first-order chi connectivity index (χ1) is 11.7. The highest BCUT2D eigenvalue weighted by Crippen LogP contribution is 2.38. The molecule has 2 fully saturated rings. The van der Waals surface area contributed by atoms with E-state index >= 15 is 0 Å². The molecular formula is C18H23N5O. The van der Waals surface area contributed by atoms with Gasteiger partial charge in [-0.2, -0.15) is 5.10 Å². The van der Waals surface area contributed by atoms with Crippen molar-refractivity contribution in [3.8, 4) is 11.4 Å². The summed E-state index contributed by atoms with van der Waals surface area (Å²) in [6.45, 7) is 3.03. The van der Waals surface area contributed by atoms with Gasteiger partial charge in [-0.15, -0.1) is 0 Å². The van der Waals surface area contributed by atoms with Crippen molar-refractivity contribution in [2.24, 2.45) is 5.92 Å². The van der Waals surface area contributed by atoms with Gasteiger partial charge in [-0.25, -0.2) is 4.98 Å². The Balaban J connectivity index is 1.46. The predicted octanol–water partition coefficient (Wildman–Crippen LogP) is 2.68. The number of hydrogen-bond acceptors (Lipinski definition) is 4. The van der Waals surface area contributed by atoms with Gasteiger partial charge in [0.05, 0.1) is 0 Å². The van der Waals surface area contributed by atoms with Gasteiger partial charge < -0.3 is 10.6 Å². The summed E-state index contributed by atoms with van der Waals surface area (Å²) in [4.78, 5) is 17.1. The van der Waals surface area contributed by atoms with Gasteiger partial charge in [-0.1, -0.05) is 12.1 Å². The first-order valence-corrected chi connectivity index (χ1v) is 8.76. The normalized spacial score (nSPS) is 23.9. The zero-order chi connectivity index (χ0) is 16.5. The molecule has 2 aromatic rings. The molecular weight excluding hydrogens is 302 g/mol. The Kier molecular flexibility index (Phi) is 4.06.